The van der Waals surface area contributed by atoms with E-state index in [0.29, 0.717) is 24.7 Å². The van der Waals surface area contributed by atoms with Crippen LogP contribution in [-0.4, -0.2) is 36.0 Å². The molecule has 1 aromatic heterocycles. The average Bonchev–Trinajstić information content (AvgIpc) is 2.61. The number of rotatable bonds is 4. The van der Waals surface area contributed by atoms with Crippen LogP contribution in [-0.2, 0) is 9.59 Å². The minimum atomic E-state index is -0.187. The Morgan fingerprint density at radius 3 is 2.92 bits per heavy atom. The maximum atomic E-state index is 12.7. The van der Waals surface area contributed by atoms with Crippen LogP contribution in [0.3, 0.4) is 0 Å². The number of amides is 2. The molecule has 2 amide bonds. The number of ether oxygens (including phenoxy) is 1. The van der Waals surface area contributed by atoms with Crippen LogP contribution in [0.4, 0.5) is 5.69 Å². The lowest BCUT2D eigenvalue weighted by Gasteiger charge is -2.30. The first-order valence-electron chi connectivity index (χ1n) is 8.93. The fraction of sp³-hybridized carbons (Fsp3) is 0.611. The van der Waals surface area contributed by atoms with E-state index in [9.17, 15) is 9.59 Å². The molecule has 1 fully saturated rings. The van der Waals surface area contributed by atoms with Gasteiger partial charge in [0.1, 0.15) is 12.3 Å². The minimum absolute atomic E-state index is 0.0269. The molecule has 1 unspecified atom stereocenters. The summed E-state index contributed by atoms with van der Waals surface area (Å²) in [4.78, 5) is 31.0. The normalized spacial score (nSPS) is 18.9. The molecule has 3 rings (SSSR count). The molecule has 6 nitrogen and oxygen atoms in total. The highest BCUT2D eigenvalue weighted by atomic mass is 79.9. The van der Waals surface area contributed by atoms with Gasteiger partial charge in [0.05, 0.1) is 6.54 Å². The number of hydrogen-bond acceptors (Lipinski definition) is 4. The Bertz CT molecular complexity index is 646. The molecule has 1 aromatic rings. The number of fused-ring (bicyclic) bond motifs is 1. The summed E-state index contributed by atoms with van der Waals surface area (Å²) in [5, 5.41) is 3.01. The summed E-state index contributed by atoms with van der Waals surface area (Å²) in [6.45, 7) is 2.81. The SMILES string of the molecule is CC(CC(=O)N1CCOc2ncc(Br)cc21)NC(=O)C1CCCCC1. The Hall–Kier alpha value is -1.63. The van der Waals surface area contributed by atoms with Gasteiger partial charge in [0.25, 0.3) is 0 Å². The van der Waals surface area contributed by atoms with Crippen molar-refractivity contribution in [2.75, 3.05) is 18.1 Å². The largest absolute Gasteiger partial charge is 0.474 e. The predicted molar refractivity (Wildman–Crippen MR) is 98.6 cm³/mol. The van der Waals surface area contributed by atoms with Gasteiger partial charge in [-0.15, -0.1) is 0 Å². The van der Waals surface area contributed by atoms with Crippen LogP contribution in [0.2, 0.25) is 0 Å². The molecule has 2 aliphatic rings. The van der Waals surface area contributed by atoms with Crippen molar-refractivity contribution in [2.24, 2.45) is 5.92 Å². The van der Waals surface area contributed by atoms with Gasteiger partial charge in [-0.3, -0.25) is 9.59 Å². The molecule has 25 heavy (non-hydrogen) atoms. The predicted octanol–water partition coefficient (Wildman–Crippen LogP) is 3.04. The van der Waals surface area contributed by atoms with Gasteiger partial charge in [-0.25, -0.2) is 4.98 Å². The van der Waals surface area contributed by atoms with Gasteiger partial charge in [-0.05, 0) is 41.8 Å². The van der Waals surface area contributed by atoms with Gasteiger partial charge in [0, 0.05) is 29.1 Å². The number of carbonyl (C=O) groups is 2. The quantitative estimate of drug-likeness (QED) is 0.829. The van der Waals surface area contributed by atoms with Crippen molar-refractivity contribution in [1.29, 1.82) is 0 Å². The summed E-state index contributed by atoms with van der Waals surface area (Å²) in [6.07, 6.45) is 7.31. The summed E-state index contributed by atoms with van der Waals surface area (Å²) >= 11 is 3.38. The molecule has 2 heterocycles. The third-order valence-electron chi connectivity index (χ3n) is 4.79. The van der Waals surface area contributed by atoms with Crippen LogP contribution in [0.25, 0.3) is 0 Å². The number of aromatic nitrogens is 1. The summed E-state index contributed by atoms with van der Waals surface area (Å²) < 4.78 is 6.31. The Balaban J connectivity index is 1.59. The van der Waals surface area contributed by atoms with E-state index in [4.69, 9.17) is 4.74 Å². The summed E-state index contributed by atoms with van der Waals surface area (Å²) in [7, 11) is 0. The third kappa shape index (κ3) is 4.51. The van der Waals surface area contributed by atoms with Gasteiger partial charge in [-0.2, -0.15) is 0 Å². The van der Waals surface area contributed by atoms with Crippen LogP contribution in [0.15, 0.2) is 16.7 Å². The standard InChI is InChI=1S/C18H24BrN3O3/c1-12(21-17(24)13-5-3-2-4-6-13)9-16(23)22-7-8-25-18-15(22)10-14(19)11-20-18/h10-13H,2-9H2,1H3,(H,21,24). The lowest BCUT2D eigenvalue weighted by molar-refractivity contribution is -0.127. The first-order chi connectivity index (χ1) is 12.0. The van der Waals surface area contributed by atoms with E-state index in [0.717, 1.165) is 30.2 Å². The number of nitrogens with one attached hydrogen (secondary N) is 1. The van der Waals surface area contributed by atoms with Crippen molar-refractivity contribution in [1.82, 2.24) is 10.3 Å². The molecule has 0 aromatic carbocycles. The summed E-state index contributed by atoms with van der Waals surface area (Å²) in [5.74, 6) is 0.643. The molecule has 1 aliphatic heterocycles. The van der Waals surface area contributed by atoms with E-state index in [1.165, 1.54) is 6.42 Å². The second-order valence-electron chi connectivity index (χ2n) is 6.82. The van der Waals surface area contributed by atoms with Gasteiger partial charge >= 0.3 is 0 Å². The molecule has 1 atom stereocenters. The maximum Gasteiger partial charge on any atom is 0.238 e. The zero-order chi connectivity index (χ0) is 17.8. The number of hydrogen-bond donors (Lipinski definition) is 1. The van der Waals surface area contributed by atoms with Crippen LogP contribution in [0, 0.1) is 5.92 Å². The van der Waals surface area contributed by atoms with Crippen LogP contribution in [0.5, 0.6) is 5.88 Å². The van der Waals surface area contributed by atoms with Crippen LogP contribution in [0.1, 0.15) is 45.4 Å². The van der Waals surface area contributed by atoms with E-state index < -0.39 is 0 Å². The van der Waals surface area contributed by atoms with E-state index in [-0.39, 0.29) is 30.2 Å². The highest BCUT2D eigenvalue weighted by molar-refractivity contribution is 9.10. The Kier molecular flexibility index (Phi) is 5.93. The summed E-state index contributed by atoms with van der Waals surface area (Å²) in [6, 6.07) is 1.65. The van der Waals surface area contributed by atoms with Crippen molar-refractivity contribution in [3.05, 3.63) is 16.7 Å². The zero-order valence-electron chi connectivity index (χ0n) is 14.5. The maximum absolute atomic E-state index is 12.7. The molecule has 0 bridgehead atoms. The smallest absolute Gasteiger partial charge is 0.238 e. The number of pyridine rings is 1. The molecule has 0 radical (unpaired) electrons. The van der Waals surface area contributed by atoms with E-state index >= 15 is 0 Å². The molecule has 7 heteroatoms. The molecule has 0 saturated heterocycles. The molecular weight excluding hydrogens is 386 g/mol. The highest BCUT2D eigenvalue weighted by Gasteiger charge is 2.27. The Morgan fingerprint density at radius 2 is 2.16 bits per heavy atom. The monoisotopic (exact) mass is 409 g/mol. The Morgan fingerprint density at radius 1 is 1.40 bits per heavy atom. The Labute approximate surface area is 156 Å². The van der Waals surface area contributed by atoms with Crippen LogP contribution >= 0.6 is 15.9 Å². The third-order valence-corrected chi connectivity index (χ3v) is 5.22. The highest BCUT2D eigenvalue weighted by Crippen LogP contribution is 2.32. The van der Waals surface area contributed by atoms with Gasteiger partial charge in [0.15, 0.2) is 0 Å². The molecule has 1 N–H and O–H groups in total. The van der Waals surface area contributed by atoms with Gasteiger partial charge in [-0.1, -0.05) is 19.3 Å². The van der Waals surface area contributed by atoms with E-state index in [1.54, 1.807) is 11.1 Å². The summed E-state index contributed by atoms with van der Waals surface area (Å²) in [5.41, 5.74) is 0.677. The fourth-order valence-corrected chi connectivity index (χ4v) is 3.80. The van der Waals surface area contributed by atoms with Crippen LogP contribution < -0.4 is 15.0 Å². The van der Waals surface area contributed by atoms with Crippen molar-refractivity contribution in [3.63, 3.8) is 0 Å². The first kappa shape index (κ1) is 18.2. The van der Waals surface area contributed by atoms with Gasteiger partial charge < -0.3 is 15.0 Å². The van der Waals surface area contributed by atoms with Crippen molar-refractivity contribution >= 4 is 33.4 Å². The number of carbonyl (C=O) groups excluding carboxylic acids is 2. The molecular formula is C18H24BrN3O3. The molecule has 1 saturated carbocycles. The number of nitrogens with zero attached hydrogens (tertiary/aromatic N) is 2. The topological polar surface area (TPSA) is 71.5 Å². The zero-order valence-corrected chi connectivity index (χ0v) is 16.0. The lowest BCUT2D eigenvalue weighted by atomic mass is 9.88. The number of anilines is 1. The minimum Gasteiger partial charge on any atom is -0.474 e. The lowest BCUT2D eigenvalue weighted by Crippen LogP contribution is -2.44. The van der Waals surface area contributed by atoms with E-state index in [2.05, 4.69) is 26.2 Å². The second-order valence-corrected chi connectivity index (χ2v) is 7.74. The molecule has 1 aliphatic carbocycles. The second kappa shape index (κ2) is 8.17. The van der Waals surface area contributed by atoms with Crippen molar-refractivity contribution in [2.45, 2.75) is 51.5 Å². The van der Waals surface area contributed by atoms with Crippen molar-refractivity contribution in [3.8, 4) is 5.88 Å². The average molecular weight is 410 g/mol. The van der Waals surface area contributed by atoms with Gasteiger partial charge in [0.2, 0.25) is 17.7 Å². The molecule has 0 spiro atoms. The van der Waals surface area contributed by atoms with E-state index in [1.807, 2.05) is 13.0 Å². The van der Waals surface area contributed by atoms with Crippen molar-refractivity contribution < 1.29 is 14.3 Å². The first-order valence-corrected chi connectivity index (χ1v) is 9.73. The number of halogens is 1. The molecule has 136 valence electrons. The fourth-order valence-electron chi connectivity index (χ4n) is 3.48.